The number of halogens is 3. The molecule has 0 radical (unpaired) electrons. The molecule has 0 bridgehead atoms. The number of nitrogens with zero attached hydrogens (tertiary/aromatic N) is 3. The zero-order chi connectivity index (χ0) is 21.3. The quantitative estimate of drug-likeness (QED) is 0.742. The van der Waals surface area contributed by atoms with Crippen LogP contribution in [0.4, 0.5) is 29.3 Å². The Balaban J connectivity index is 1.60. The van der Waals surface area contributed by atoms with Crippen molar-refractivity contribution in [3.05, 3.63) is 46.2 Å². The van der Waals surface area contributed by atoms with E-state index in [4.69, 9.17) is 0 Å². The second-order valence-corrected chi connectivity index (χ2v) is 8.64. The molecule has 2 aliphatic heterocycles. The van der Waals surface area contributed by atoms with Crippen LogP contribution in [-0.4, -0.2) is 55.6 Å². The molecule has 1 aromatic heterocycles. The number of amides is 2. The molecule has 0 aliphatic carbocycles. The van der Waals surface area contributed by atoms with Crippen LogP contribution in [0.15, 0.2) is 35.0 Å². The number of carbonyl (C=O) groups is 1. The summed E-state index contributed by atoms with van der Waals surface area (Å²) in [7, 11) is 2.02. The summed E-state index contributed by atoms with van der Waals surface area (Å²) in [5, 5.41) is 6.80. The van der Waals surface area contributed by atoms with E-state index in [-0.39, 0.29) is 17.8 Å². The molecule has 3 heterocycles. The van der Waals surface area contributed by atoms with E-state index < -0.39 is 11.7 Å². The Morgan fingerprint density at radius 3 is 2.57 bits per heavy atom. The first-order valence-electron chi connectivity index (χ1n) is 10.1. The zero-order valence-electron chi connectivity index (χ0n) is 16.8. The third-order valence-electron chi connectivity index (χ3n) is 5.85. The molecule has 1 aromatic carbocycles. The minimum Gasteiger partial charge on any atom is -0.367 e. The highest BCUT2D eigenvalue weighted by Crippen LogP contribution is 2.37. The molecule has 0 unspecified atom stereocenters. The SMILES string of the molecule is CN1CCN(c2ccc(C(F)(F)F)cc2NC(=O)N2CCC[C@H]2c2ccsc2)CC1. The highest BCUT2D eigenvalue weighted by atomic mass is 32.1. The summed E-state index contributed by atoms with van der Waals surface area (Å²) in [5.41, 5.74) is 1.17. The van der Waals surface area contributed by atoms with Gasteiger partial charge < -0.3 is 20.0 Å². The topological polar surface area (TPSA) is 38.8 Å². The predicted molar refractivity (Wildman–Crippen MR) is 113 cm³/mol. The number of hydrogen-bond acceptors (Lipinski definition) is 4. The van der Waals surface area contributed by atoms with Crippen LogP contribution in [0.5, 0.6) is 0 Å². The monoisotopic (exact) mass is 438 g/mol. The number of carbonyl (C=O) groups excluding carboxylic acids is 1. The summed E-state index contributed by atoms with van der Waals surface area (Å²) in [4.78, 5) is 19.0. The Labute approximate surface area is 178 Å². The minimum absolute atomic E-state index is 0.0332. The summed E-state index contributed by atoms with van der Waals surface area (Å²) >= 11 is 1.58. The molecule has 2 amide bonds. The normalized spacial score (nSPS) is 20.6. The molecule has 4 rings (SSSR count). The van der Waals surface area contributed by atoms with Crippen LogP contribution < -0.4 is 10.2 Å². The van der Waals surface area contributed by atoms with Crippen LogP contribution in [0.1, 0.15) is 30.0 Å². The molecule has 2 aliphatic rings. The van der Waals surface area contributed by atoms with E-state index in [0.29, 0.717) is 25.3 Å². The van der Waals surface area contributed by atoms with Crippen LogP contribution in [0, 0.1) is 0 Å². The number of hydrogen-bond donors (Lipinski definition) is 1. The molecule has 2 aromatic rings. The second-order valence-electron chi connectivity index (χ2n) is 7.86. The summed E-state index contributed by atoms with van der Waals surface area (Å²) in [5.74, 6) is 0. The predicted octanol–water partition coefficient (Wildman–Crippen LogP) is 4.89. The maximum atomic E-state index is 13.3. The smallest absolute Gasteiger partial charge is 0.367 e. The van der Waals surface area contributed by atoms with Crippen molar-refractivity contribution in [3.8, 4) is 0 Å². The lowest BCUT2D eigenvalue weighted by Crippen LogP contribution is -2.45. The number of rotatable bonds is 3. The average Bonchev–Trinajstić information content (AvgIpc) is 3.39. The van der Waals surface area contributed by atoms with Gasteiger partial charge in [-0.05, 0) is 60.5 Å². The number of thiophene rings is 1. The number of piperazine rings is 1. The molecule has 1 N–H and O–H groups in total. The molecule has 2 saturated heterocycles. The van der Waals surface area contributed by atoms with Crippen molar-refractivity contribution < 1.29 is 18.0 Å². The van der Waals surface area contributed by atoms with E-state index in [0.717, 1.165) is 43.6 Å². The van der Waals surface area contributed by atoms with Gasteiger partial charge in [0, 0.05) is 32.7 Å². The van der Waals surface area contributed by atoms with Crippen molar-refractivity contribution in [2.24, 2.45) is 0 Å². The Morgan fingerprint density at radius 2 is 1.90 bits per heavy atom. The average molecular weight is 439 g/mol. The van der Waals surface area contributed by atoms with E-state index in [1.165, 1.54) is 6.07 Å². The van der Waals surface area contributed by atoms with Gasteiger partial charge in [0.25, 0.3) is 0 Å². The summed E-state index contributed by atoms with van der Waals surface area (Å²) in [6.45, 7) is 3.63. The van der Waals surface area contributed by atoms with Gasteiger partial charge in [-0.2, -0.15) is 24.5 Å². The number of likely N-dealkylation sites (N-methyl/N-ethyl adjacent to an activating group) is 1. The third-order valence-corrected chi connectivity index (χ3v) is 6.55. The minimum atomic E-state index is -4.47. The molecular formula is C21H25F3N4OS. The Kier molecular flexibility index (Phi) is 5.92. The van der Waals surface area contributed by atoms with Gasteiger partial charge in [0.1, 0.15) is 0 Å². The second kappa shape index (κ2) is 8.47. The Hall–Kier alpha value is -2.26. The standard InChI is InChI=1S/C21H25F3N4OS/c1-26-8-10-27(11-9-26)19-5-4-16(21(22,23)24)13-17(19)25-20(29)28-7-2-3-18(28)15-6-12-30-14-15/h4-6,12-14,18H,2-3,7-11H2,1H3,(H,25,29)/t18-/m0/s1. The third kappa shape index (κ3) is 4.41. The summed E-state index contributed by atoms with van der Waals surface area (Å²) in [6.07, 6.45) is -2.73. The van der Waals surface area contributed by atoms with E-state index in [9.17, 15) is 18.0 Å². The van der Waals surface area contributed by atoms with Crippen LogP contribution in [-0.2, 0) is 6.18 Å². The number of benzene rings is 1. The largest absolute Gasteiger partial charge is 0.416 e. The van der Waals surface area contributed by atoms with Crippen molar-refractivity contribution in [1.82, 2.24) is 9.80 Å². The lowest BCUT2D eigenvalue weighted by Gasteiger charge is -2.35. The van der Waals surface area contributed by atoms with Gasteiger partial charge in [0.15, 0.2) is 0 Å². The molecule has 162 valence electrons. The number of anilines is 2. The summed E-state index contributed by atoms with van der Waals surface area (Å²) < 4.78 is 40.0. The molecule has 30 heavy (non-hydrogen) atoms. The Bertz CT molecular complexity index is 879. The maximum absolute atomic E-state index is 13.3. The summed E-state index contributed by atoms with van der Waals surface area (Å²) in [6, 6.07) is 5.24. The van der Waals surface area contributed by atoms with Crippen molar-refractivity contribution in [2.45, 2.75) is 25.1 Å². The lowest BCUT2D eigenvalue weighted by atomic mass is 10.1. The van der Waals surface area contributed by atoms with E-state index in [1.54, 1.807) is 16.2 Å². The van der Waals surface area contributed by atoms with Crippen LogP contribution in [0.25, 0.3) is 0 Å². The van der Waals surface area contributed by atoms with Crippen LogP contribution in [0.2, 0.25) is 0 Å². The van der Waals surface area contributed by atoms with Crippen LogP contribution in [0.3, 0.4) is 0 Å². The van der Waals surface area contributed by atoms with E-state index in [2.05, 4.69) is 10.2 Å². The van der Waals surface area contributed by atoms with Gasteiger partial charge in [0.05, 0.1) is 23.0 Å². The number of likely N-dealkylation sites (tertiary alicyclic amines) is 1. The van der Waals surface area contributed by atoms with E-state index >= 15 is 0 Å². The highest BCUT2D eigenvalue weighted by Gasteiger charge is 2.34. The molecule has 0 spiro atoms. The molecule has 1 atom stereocenters. The molecule has 5 nitrogen and oxygen atoms in total. The highest BCUT2D eigenvalue weighted by molar-refractivity contribution is 7.08. The van der Waals surface area contributed by atoms with Gasteiger partial charge in [-0.25, -0.2) is 4.79 Å². The van der Waals surface area contributed by atoms with E-state index in [1.807, 2.05) is 28.8 Å². The van der Waals surface area contributed by atoms with Gasteiger partial charge >= 0.3 is 12.2 Å². The maximum Gasteiger partial charge on any atom is 0.416 e. The molecule has 9 heteroatoms. The molecule has 0 saturated carbocycles. The fraction of sp³-hybridized carbons (Fsp3) is 0.476. The van der Waals surface area contributed by atoms with Gasteiger partial charge in [-0.1, -0.05) is 0 Å². The fourth-order valence-corrected chi connectivity index (χ4v) is 4.85. The first-order chi connectivity index (χ1) is 14.3. The molecular weight excluding hydrogens is 413 g/mol. The van der Waals surface area contributed by atoms with Crippen molar-refractivity contribution in [1.29, 1.82) is 0 Å². The number of nitrogens with one attached hydrogen (secondary N) is 1. The van der Waals surface area contributed by atoms with Gasteiger partial charge in [-0.15, -0.1) is 0 Å². The van der Waals surface area contributed by atoms with Gasteiger partial charge in [0.2, 0.25) is 0 Å². The molecule has 2 fully saturated rings. The first-order valence-corrected chi connectivity index (χ1v) is 11.0. The zero-order valence-corrected chi connectivity index (χ0v) is 17.6. The van der Waals surface area contributed by atoms with Gasteiger partial charge in [-0.3, -0.25) is 0 Å². The lowest BCUT2D eigenvalue weighted by molar-refractivity contribution is -0.137. The van der Waals surface area contributed by atoms with Crippen molar-refractivity contribution >= 4 is 28.7 Å². The number of urea groups is 1. The fourth-order valence-electron chi connectivity index (χ4n) is 4.14. The first kappa shape index (κ1) is 21.0. The van der Waals surface area contributed by atoms with Crippen molar-refractivity contribution in [3.63, 3.8) is 0 Å². The van der Waals surface area contributed by atoms with Crippen molar-refractivity contribution in [2.75, 3.05) is 50.0 Å². The number of alkyl halides is 3. The van der Waals surface area contributed by atoms with Crippen LogP contribution >= 0.6 is 11.3 Å². The Morgan fingerprint density at radius 1 is 1.13 bits per heavy atom.